The monoisotopic (exact) mass is 326 g/mol. The third kappa shape index (κ3) is 2.74. The summed E-state index contributed by atoms with van der Waals surface area (Å²) in [5.41, 5.74) is 3.83. The minimum atomic E-state index is 0.659. The second-order valence-corrected chi connectivity index (χ2v) is 6.85. The third-order valence-corrected chi connectivity index (χ3v) is 4.42. The van der Waals surface area contributed by atoms with Crippen LogP contribution in [-0.2, 0) is 19.4 Å². The van der Waals surface area contributed by atoms with Crippen LogP contribution < -0.4 is 4.90 Å². The van der Waals surface area contributed by atoms with Crippen molar-refractivity contribution in [1.82, 2.24) is 24.8 Å². The maximum absolute atomic E-state index is 5.95. The lowest BCUT2D eigenvalue weighted by molar-refractivity contribution is 0.428. The van der Waals surface area contributed by atoms with E-state index in [2.05, 4.69) is 40.1 Å². The number of anilines is 1. The second-order valence-electron chi connectivity index (χ2n) is 6.85. The van der Waals surface area contributed by atoms with Crippen molar-refractivity contribution in [3.63, 3.8) is 0 Å². The zero-order valence-electron chi connectivity index (χ0n) is 14.4. The van der Waals surface area contributed by atoms with Gasteiger partial charge in [-0.3, -0.25) is 0 Å². The molecule has 4 rings (SSSR count). The van der Waals surface area contributed by atoms with E-state index in [4.69, 9.17) is 9.40 Å². The van der Waals surface area contributed by atoms with Crippen LogP contribution in [0.1, 0.15) is 43.3 Å². The van der Waals surface area contributed by atoms with Gasteiger partial charge in [0.05, 0.1) is 17.9 Å². The summed E-state index contributed by atoms with van der Waals surface area (Å²) in [6.45, 7) is 8.06. The van der Waals surface area contributed by atoms with Gasteiger partial charge in [0.1, 0.15) is 17.8 Å². The maximum Gasteiger partial charge on any atom is 0.200 e. The predicted octanol–water partition coefficient (Wildman–Crippen LogP) is 2.57. The first-order chi connectivity index (χ1) is 11.6. The van der Waals surface area contributed by atoms with Crippen LogP contribution in [0.3, 0.4) is 0 Å². The van der Waals surface area contributed by atoms with Crippen LogP contribution >= 0.6 is 0 Å². The molecular weight excluding hydrogens is 304 g/mol. The molecule has 0 atom stereocenters. The highest BCUT2D eigenvalue weighted by Gasteiger charge is 2.24. The molecule has 7 nitrogen and oxygen atoms in total. The van der Waals surface area contributed by atoms with Crippen molar-refractivity contribution in [2.45, 2.75) is 46.6 Å². The van der Waals surface area contributed by atoms with Crippen molar-refractivity contribution in [3.05, 3.63) is 35.4 Å². The van der Waals surface area contributed by atoms with Crippen LogP contribution in [0.25, 0.3) is 5.65 Å². The van der Waals surface area contributed by atoms with E-state index in [1.807, 2.05) is 6.92 Å². The lowest BCUT2D eigenvalue weighted by Crippen LogP contribution is -2.30. The van der Waals surface area contributed by atoms with E-state index < -0.39 is 0 Å². The van der Waals surface area contributed by atoms with Crippen LogP contribution in [0, 0.1) is 12.8 Å². The lowest BCUT2D eigenvalue weighted by atomic mass is 10.1. The average molecular weight is 326 g/mol. The molecule has 0 saturated heterocycles. The molecule has 0 aromatic carbocycles. The minimum absolute atomic E-state index is 0.659. The molecule has 1 aliphatic heterocycles. The molecule has 0 saturated carbocycles. The van der Waals surface area contributed by atoms with Crippen molar-refractivity contribution in [2.75, 3.05) is 11.4 Å². The molecule has 24 heavy (non-hydrogen) atoms. The Labute approximate surface area is 140 Å². The molecule has 126 valence electrons. The van der Waals surface area contributed by atoms with Gasteiger partial charge in [-0.1, -0.05) is 13.8 Å². The normalized spacial score (nSPS) is 14.6. The molecule has 4 heterocycles. The van der Waals surface area contributed by atoms with Crippen molar-refractivity contribution in [3.8, 4) is 0 Å². The molecule has 7 heteroatoms. The highest BCUT2D eigenvalue weighted by atomic mass is 16.4. The maximum atomic E-state index is 5.95. The van der Waals surface area contributed by atoms with Gasteiger partial charge in [-0.2, -0.15) is 9.61 Å². The number of aromatic nitrogens is 5. The predicted molar refractivity (Wildman–Crippen MR) is 89.9 cm³/mol. The van der Waals surface area contributed by atoms with Crippen LogP contribution in [0.4, 0.5) is 5.69 Å². The number of fused-ring (bicyclic) bond motifs is 2. The zero-order valence-corrected chi connectivity index (χ0v) is 14.4. The summed E-state index contributed by atoms with van der Waals surface area (Å²) in [5.74, 6) is 2.56. The summed E-state index contributed by atoms with van der Waals surface area (Å²) in [4.78, 5) is 7.01. The van der Waals surface area contributed by atoms with Gasteiger partial charge in [-0.25, -0.2) is 4.98 Å². The molecule has 0 unspecified atom stereocenters. The van der Waals surface area contributed by atoms with E-state index in [1.165, 1.54) is 0 Å². The lowest BCUT2D eigenvalue weighted by Gasteiger charge is -2.27. The first-order valence-corrected chi connectivity index (χ1v) is 8.50. The van der Waals surface area contributed by atoms with Crippen molar-refractivity contribution >= 4 is 11.3 Å². The van der Waals surface area contributed by atoms with Crippen LogP contribution in [0.2, 0.25) is 0 Å². The highest BCUT2D eigenvalue weighted by Crippen LogP contribution is 2.28. The highest BCUT2D eigenvalue weighted by molar-refractivity contribution is 5.68. The first kappa shape index (κ1) is 15.1. The summed E-state index contributed by atoms with van der Waals surface area (Å²) in [7, 11) is 0. The Kier molecular flexibility index (Phi) is 3.70. The molecule has 0 spiro atoms. The Hall–Kier alpha value is -2.44. The average Bonchev–Trinajstić information content (AvgIpc) is 3.17. The van der Waals surface area contributed by atoms with Gasteiger partial charge in [0.2, 0.25) is 5.65 Å². The van der Waals surface area contributed by atoms with Crippen molar-refractivity contribution in [2.24, 2.45) is 5.92 Å². The Morgan fingerprint density at radius 3 is 3.04 bits per heavy atom. The van der Waals surface area contributed by atoms with Gasteiger partial charge in [-0.05, 0) is 25.3 Å². The molecule has 3 aromatic rings. The Balaban J connectivity index is 1.60. The topological polar surface area (TPSA) is 72.4 Å². The molecule has 0 fully saturated rings. The Bertz CT molecular complexity index is 865. The molecule has 0 aliphatic carbocycles. The van der Waals surface area contributed by atoms with E-state index in [1.54, 1.807) is 10.8 Å². The molecule has 1 aliphatic rings. The van der Waals surface area contributed by atoms with Crippen LogP contribution in [-0.4, -0.2) is 31.3 Å². The summed E-state index contributed by atoms with van der Waals surface area (Å²) < 4.78 is 7.69. The van der Waals surface area contributed by atoms with Gasteiger partial charge >= 0.3 is 0 Å². The summed E-state index contributed by atoms with van der Waals surface area (Å²) in [6, 6.07) is 2.06. The molecule has 0 amide bonds. The standard InChI is InChI=1S/C17H22N6O/c1-11(2)4-5-16-19-13-9-22(7-6-15(13)24-16)14-8-12(3)21-23-10-18-20-17(14)23/h8,10-11H,4-7,9H2,1-3H3. The number of oxazole rings is 1. The largest absolute Gasteiger partial charge is 0.445 e. The van der Waals surface area contributed by atoms with Crippen LogP contribution in [0.15, 0.2) is 16.8 Å². The summed E-state index contributed by atoms with van der Waals surface area (Å²) >= 11 is 0. The van der Waals surface area contributed by atoms with E-state index in [-0.39, 0.29) is 0 Å². The fourth-order valence-electron chi connectivity index (χ4n) is 3.14. The van der Waals surface area contributed by atoms with Crippen molar-refractivity contribution in [1.29, 1.82) is 0 Å². The summed E-state index contributed by atoms with van der Waals surface area (Å²) in [5, 5.41) is 12.6. The SMILES string of the molecule is Cc1cc(N2CCc3oc(CCC(C)C)nc3C2)c2nncn2n1. The van der Waals surface area contributed by atoms with Crippen molar-refractivity contribution < 1.29 is 4.42 Å². The first-order valence-electron chi connectivity index (χ1n) is 8.50. The molecule has 0 N–H and O–H groups in total. The van der Waals surface area contributed by atoms with Gasteiger partial charge in [-0.15, -0.1) is 10.2 Å². The third-order valence-electron chi connectivity index (χ3n) is 4.42. The zero-order chi connectivity index (χ0) is 16.7. The second kappa shape index (κ2) is 5.89. The van der Waals surface area contributed by atoms with Gasteiger partial charge in [0, 0.05) is 19.4 Å². The summed E-state index contributed by atoms with van der Waals surface area (Å²) in [6.07, 6.45) is 4.52. The van der Waals surface area contributed by atoms with E-state index in [0.29, 0.717) is 5.92 Å². The minimum Gasteiger partial charge on any atom is -0.445 e. The van der Waals surface area contributed by atoms with Gasteiger partial charge < -0.3 is 9.32 Å². The van der Waals surface area contributed by atoms with Gasteiger partial charge in [0.25, 0.3) is 0 Å². The fraction of sp³-hybridized carbons (Fsp3) is 0.529. The molecule has 0 bridgehead atoms. The quantitative estimate of drug-likeness (QED) is 0.734. The number of nitrogens with zero attached hydrogens (tertiary/aromatic N) is 6. The number of hydrogen-bond donors (Lipinski definition) is 0. The van der Waals surface area contributed by atoms with E-state index in [9.17, 15) is 0 Å². The number of aryl methyl sites for hydroxylation is 2. The van der Waals surface area contributed by atoms with Gasteiger partial charge in [0.15, 0.2) is 5.89 Å². The fourth-order valence-corrected chi connectivity index (χ4v) is 3.14. The molecular formula is C17H22N6O. The van der Waals surface area contributed by atoms with E-state index >= 15 is 0 Å². The number of hydrogen-bond acceptors (Lipinski definition) is 6. The number of rotatable bonds is 4. The molecule has 0 radical (unpaired) electrons. The Morgan fingerprint density at radius 1 is 1.33 bits per heavy atom. The van der Waals surface area contributed by atoms with E-state index in [0.717, 1.165) is 66.7 Å². The molecule has 3 aromatic heterocycles. The smallest absolute Gasteiger partial charge is 0.200 e. The van der Waals surface area contributed by atoms with Crippen LogP contribution in [0.5, 0.6) is 0 Å². The Morgan fingerprint density at radius 2 is 2.21 bits per heavy atom.